The Balaban J connectivity index is 1.72. The van der Waals surface area contributed by atoms with Gasteiger partial charge in [-0.25, -0.2) is 4.98 Å². The van der Waals surface area contributed by atoms with Gasteiger partial charge in [-0.3, -0.25) is 9.89 Å². The summed E-state index contributed by atoms with van der Waals surface area (Å²) in [4.78, 5) is 16.4. The molecule has 7 nitrogen and oxygen atoms in total. The average molecular weight is 265 g/mol. The van der Waals surface area contributed by atoms with Gasteiger partial charge in [0.25, 0.3) is 0 Å². The van der Waals surface area contributed by atoms with Crippen molar-refractivity contribution in [2.75, 3.05) is 6.61 Å². The Morgan fingerprint density at radius 1 is 1.68 bits per heavy atom. The fraction of sp³-hybridized carbons (Fsp3) is 0.750. The second kappa shape index (κ2) is 4.01. The number of fused-ring (bicyclic) bond motifs is 1. The van der Waals surface area contributed by atoms with Crippen LogP contribution in [0.25, 0.3) is 0 Å². The predicted octanol–water partition coefficient (Wildman–Crippen LogP) is -0.437. The minimum atomic E-state index is -0.867. The molecule has 1 amide bonds. The van der Waals surface area contributed by atoms with Crippen molar-refractivity contribution in [1.82, 2.24) is 20.5 Å². The Morgan fingerprint density at radius 3 is 3.16 bits per heavy atom. The van der Waals surface area contributed by atoms with Crippen LogP contribution in [0, 0.1) is 11.3 Å². The predicted molar refractivity (Wildman–Crippen MR) is 66.8 cm³/mol. The quantitative estimate of drug-likeness (QED) is 0.687. The molecule has 2 aliphatic rings. The van der Waals surface area contributed by atoms with Gasteiger partial charge in [-0.05, 0) is 6.42 Å². The first-order chi connectivity index (χ1) is 8.98. The molecule has 2 heterocycles. The van der Waals surface area contributed by atoms with Gasteiger partial charge in [0.05, 0.1) is 12.6 Å². The zero-order valence-electron chi connectivity index (χ0n) is 11.1. The Kier molecular flexibility index (Phi) is 2.65. The molecule has 1 aromatic rings. The molecule has 4 N–H and O–H groups in total. The molecule has 1 saturated carbocycles. The fourth-order valence-corrected chi connectivity index (χ4v) is 3.47. The number of ether oxygens (including phenoxy) is 1. The van der Waals surface area contributed by atoms with E-state index in [-0.39, 0.29) is 23.3 Å². The largest absolute Gasteiger partial charge is 0.377 e. The highest BCUT2D eigenvalue weighted by atomic mass is 16.5. The highest BCUT2D eigenvalue weighted by molar-refractivity contribution is 5.89. The number of nitrogens with two attached hydrogens (primary N) is 1. The number of carbonyl (C=O) groups is 1. The normalized spacial score (nSPS) is 35.5. The molecule has 19 heavy (non-hydrogen) atoms. The van der Waals surface area contributed by atoms with Crippen LogP contribution in [0.5, 0.6) is 0 Å². The number of amides is 1. The van der Waals surface area contributed by atoms with E-state index in [4.69, 9.17) is 10.5 Å². The molecule has 1 aromatic heterocycles. The Morgan fingerprint density at radius 2 is 2.47 bits per heavy atom. The summed E-state index contributed by atoms with van der Waals surface area (Å²) in [6, 6.07) is 0. The summed E-state index contributed by atoms with van der Waals surface area (Å²) in [5.41, 5.74) is 5.20. The standard InChI is InChI=1S/C12H19N5O2/c1-11(2)9-7(3-4-19-9)12(11,13)10(18)14-5-8-15-6-16-17-8/h6-7,9H,3-5,13H2,1-2H3,(H,14,18)(H,15,16,17). The van der Waals surface area contributed by atoms with Crippen molar-refractivity contribution in [3.63, 3.8) is 0 Å². The summed E-state index contributed by atoms with van der Waals surface area (Å²) in [7, 11) is 0. The first-order valence-corrected chi connectivity index (χ1v) is 6.51. The maximum absolute atomic E-state index is 12.4. The zero-order valence-corrected chi connectivity index (χ0v) is 11.1. The highest BCUT2D eigenvalue weighted by Crippen LogP contribution is 2.58. The summed E-state index contributed by atoms with van der Waals surface area (Å²) in [5.74, 6) is 0.589. The maximum Gasteiger partial charge on any atom is 0.241 e. The van der Waals surface area contributed by atoms with Gasteiger partial charge < -0.3 is 15.8 Å². The minimum absolute atomic E-state index is 0.0912. The molecule has 1 saturated heterocycles. The van der Waals surface area contributed by atoms with E-state index in [0.717, 1.165) is 6.42 Å². The van der Waals surface area contributed by atoms with Crippen molar-refractivity contribution < 1.29 is 9.53 Å². The van der Waals surface area contributed by atoms with Crippen LogP contribution in [0.2, 0.25) is 0 Å². The Hall–Kier alpha value is -1.47. The van der Waals surface area contributed by atoms with Crippen LogP contribution in [0.1, 0.15) is 26.1 Å². The molecule has 3 unspecified atom stereocenters. The highest BCUT2D eigenvalue weighted by Gasteiger charge is 2.71. The summed E-state index contributed by atoms with van der Waals surface area (Å²) in [6.07, 6.45) is 2.35. The summed E-state index contributed by atoms with van der Waals surface area (Å²) < 4.78 is 5.67. The van der Waals surface area contributed by atoms with E-state index < -0.39 is 5.54 Å². The molecule has 0 bridgehead atoms. The second-order valence-corrected chi connectivity index (χ2v) is 5.89. The van der Waals surface area contributed by atoms with Crippen molar-refractivity contribution in [3.05, 3.63) is 12.2 Å². The number of hydrogen-bond acceptors (Lipinski definition) is 5. The van der Waals surface area contributed by atoms with E-state index in [9.17, 15) is 4.79 Å². The Labute approximate surface area is 111 Å². The van der Waals surface area contributed by atoms with E-state index in [2.05, 4.69) is 20.5 Å². The van der Waals surface area contributed by atoms with Crippen LogP contribution in [0.15, 0.2) is 6.33 Å². The van der Waals surface area contributed by atoms with E-state index in [1.54, 1.807) is 0 Å². The topological polar surface area (TPSA) is 106 Å². The van der Waals surface area contributed by atoms with E-state index in [0.29, 0.717) is 19.0 Å². The van der Waals surface area contributed by atoms with Crippen LogP contribution in [0.4, 0.5) is 0 Å². The zero-order chi connectivity index (χ0) is 13.7. The SMILES string of the molecule is CC1(C)C2OCCC2C1(N)C(=O)NCc1ncn[nH]1. The van der Waals surface area contributed by atoms with E-state index in [1.165, 1.54) is 6.33 Å². The monoisotopic (exact) mass is 265 g/mol. The number of aromatic nitrogens is 3. The van der Waals surface area contributed by atoms with Gasteiger partial charge in [-0.1, -0.05) is 13.8 Å². The van der Waals surface area contributed by atoms with Gasteiger partial charge in [0.1, 0.15) is 17.7 Å². The lowest BCUT2D eigenvalue weighted by molar-refractivity contribution is -0.175. The molecule has 0 aromatic carbocycles. The van der Waals surface area contributed by atoms with Crippen LogP contribution in [-0.4, -0.2) is 39.3 Å². The van der Waals surface area contributed by atoms with Gasteiger partial charge in [-0.15, -0.1) is 0 Å². The van der Waals surface area contributed by atoms with Crippen molar-refractivity contribution >= 4 is 5.91 Å². The summed E-state index contributed by atoms with van der Waals surface area (Å²) in [5, 5.41) is 9.29. The first kappa shape index (κ1) is 12.6. The van der Waals surface area contributed by atoms with Crippen LogP contribution >= 0.6 is 0 Å². The molecule has 2 fully saturated rings. The van der Waals surface area contributed by atoms with Crippen LogP contribution < -0.4 is 11.1 Å². The lowest BCUT2D eigenvalue weighted by Gasteiger charge is -2.60. The summed E-state index contributed by atoms with van der Waals surface area (Å²) in [6.45, 7) is 4.99. The Bertz CT molecular complexity index is 486. The number of rotatable bonds is 3. The van der Waals surface area contributed by atoms with Gasteiger partial charge in [0, 0.05) is 17.9 Å². The van der Waals surface area contributed by atoms with Crippen molar-refractivity contribution in [3.8, 4) is 0 Å². The number of aromatic amines is 1. The molecule has 3 atom stereocenters. The molecular weight excluding hydrogens is 246 g/mol. The van der Waals surface area contributed by atoms with E-state index in [1.807, 2.05) is 13.8 Å². The lowest BCUT2D eigenvalue weighted by Crippen LogP contribution is -2.80. The molecule has 1 aliphatic heterocycles. The van der Waals surface area contributed by atoms with Crippen molar-refractivity contribution in [1.29, 1.82) is 0 Å². The van der Waals surface area contributed by atoms with Gasteiger partial charge in [0.15, 0.2) is 0 Å². The first-order valence-electron chi connectivity index (χ1n) is 6.51. The van der Waals surface area contributed by atoms with Gasteiger partial charge in [-0.2, -0.15) is 5.10 Å². The number of nitrogens with one attached hydrogen (secondary N) is 2. The molecule has 3 rings (SSSR count). The summed E-state index contributed by atoms with van der Waals surface area (Å²) >= 11 is 0. The molecule has 7 heteroatoms. The van der Waals surface area contributed by atoms with Crippen LogP contribution in [-0.2, 0) is 16.1 Å². The molecular formula is C12H19N5O2. The third-order valence-corrected chi connectivity index (χ3v) is 4.71. The average Bonchev–Trinajstić information content (AvgIpc) is 3.04. The molecule has 1 aliphatic carbocycles. The lowest BCUT2D eigenvalue weighted by atomic mass is 9.48. The molecule has 104 valence electrons. The molecule has 0 radical (unpaired) electrons. The second-order valence-electron chi connectivity index (χ2n) is 5.89. The van der Waals surface area contributed by atoms with Crippen molar-refractivity contribution in [2.45, 2.75) is 38.5 Å². The third kappa shape index (κ3) is 1.54. The maximum atomic E-state index is 12.4. The number of carbonyl (C=O) groups excluding carboxylic acids is 1. The molecule has 0 spiro atoms. The van der Waals surface area contributed by atoms with Gasteiger partial charge in [0.2, 0.25) is 5.91 Å². The smallest absolute Gasteiger partial charge is 0.241 e. The number of hydrogen-bond donors (Lipinski definition) is 3. The number of nitrogens with zero attached hydrogens (tertiary/aromatic N) is 2. The van der Waals surface area contributed by atoms with Crippen LogP contribution in [0.3, 0.4) is 0 Å². The van der Waals surface area contributed by atoms with Crippen molar-refractivity contribution in [2.24, 2.45) is 17.1 Å². The van der Waals surface area contributed by atoms with E-state index >= 15 is 0 Å². The minimum Gasteiger partial charge on any atom is -0.377 e. The van der Waals surface area contributed by atoms with Gasteiger partial charge >= 0.3 is 0 Å². The fourth-order valence-electron chi connectivity index (χ4n) is 3.47. The number of H-pyrrole nitrogens is 1. The third-order valence-electron chi connectivity index (χ3n) is 4.71.